The molecule has 5 heteroatoms. The Balaban J connectivity index is 1.68. The van der Waals surface area contributed by atoms with E-state index in [0.29, 0.717) is 6.54 Å². The molecular weight excluding hydrogens is 306 g/mol. The second kappa shape index (κ2) is 5.18. The molecule has 0 radical (unpaired) electrons. The van der Waals surface area contributed by atoms with Crippen LogP contribution in [0.4, 0.5) is 5.69 Å². The van der Waals surface area contributed by atoms with Crippen molar-refractivity contribution in [3.05, 3.63) is 42.0 Å². The average Bonchev–Trinajstić information content (AvgIpc) is 3.15. The molecule has 0 aliphatic carbocycles. The van der Waals surface area contributed by atoms with Crippen LogP contribution in [0.25, 0.3) is 0 Å². The quantitative estimate of drug-likeness (QED) is 0.631. The van der Waals surface area contributed by atoms with Crippen LogP contribution in [0.15, 0.2) is 36.4 Å². The van der Waals surface area contributed by atoms with Crippen molar-refractivity contribution >= 4 is 17.6 Å². The molecule has 1 spiro atoms. The molecule has 1 amide bonds. The Kier molecular flexibility index (Phi) is 3.32. The van der Waals surface area contributed by atoms with Gasteiger partial charge in [-0.2, -0.15) is 0 Å². The van der Waals surface area contributed by atoms with E-state index >= 15 is 0 Å². The van der Waals surface area contributed by atoms with Crippen molar-refractivity contribution in [3.8, 4) is 0 Å². The third kappa shape index (κ3) is 2.11. The molecule has 1 aromatic rings. The van der Waals surface area contributed by atoms with E-state index in [0.717, 1.165) is 11.3 Å². The fraction of sp³-hybridized carbons (Fsp3) is 0.474. The van der Waals surface area contributed by atoms with E-state index in [1.165, 1.54) is 0 Å². The van der Waals surface area contributed by atoms with Gasteiger partial charge in [0.2, 0.25) is 5.91 Å². The van der Waals surface area contributed by atoms with Gasteiger partial charge in [-0.15, -0.1) is 0 Å². The SMILES string of the molecule is Cc1cccc(N2C[C@@]34C=C[C@H](O3)[C@H](C(=O)OC(C)C)[C@H]4C2=O)c1. The number of carbonyl (C=O) groups is 2. The number of nitrogens with zero attached hydrogens (tertiary/aromatic N) is 1. The average molecular weight is 327 g/mol. The standard InChI is InChI=1S/C19H21NO4/c1-11(2)23-18(22)15-14-7-8-19(24-14)10-20(17(21)16(15)19)13-6-4-5-12(3)9-13/h4-9,11,14-16H,10H2,1-3H3/t14-,15-,16-,19+/m0/s1. The van der Waals surface area contributed by atoms with Gasteiger partial charge in [0.1, 0.15) is 11.5 Å². The Labute approximate surface area is 141 Å². The van der Waals surface area contributed by atoms with Crippen molar-refractivity contribution < 1.29 is 19.1 Å². The first kappa shape index (κ1) is 15.4. The Morgan fingerprint density at radius 3 is 2.92 bits per heavy atom. The zero-order chi connectivity index (χ0) is 17.1. The fourth-order valence-electron chi connectivity index (χ4n) is 4.09. The van der Waals surface area contributed by atoms with Crippen LogP contribution in [0.1, 0.15) is 19.4 Å². The second-order valence-corrected chi connectivity index (χ2v) is 7.15. The Hall–Kier alpha value is -2.14. The summed E-state index contributed by atoms with van der Waals surface area (Å²) in [5.74, 6) is -1.46. The van der Waals surface area contributed by atoms with E-state index in [9.17, 15) is 9.59 Å². The van der Waals surface area contributed by atoms with Crippen LogP contribution >= 0.6 is 0 Å². The molecule has 3 aliphatic heterocycles. The molecule has 1 aromatic carbocycles. The van der Waals surface area contributed by atoms with Gasteiger partial charge in [-0.05, 0) is 38.5 Å². The number of amides is 1. The summed E-state index contributed by atoms with van der Waals surface area (Å²) in [6, 6.07) is 7.82. The van der Waals surface area contributed by atoms with Crippen molar-refractivity contribution in [2.45, 2.75) is 38.6 Å². The fourth-order valence-corrected chi connectivity index (χ4v) is 4.09. The van der Waals surface area contributed by atoms with E-state index in [2.05, 4.69) is 0 Å². The van der Waals surface area contributed by atoms with Gasteiger partial charge in [0, 0.05) is 5.69 Å². The molecule has 3 heterocycles. The molecule has 4 atom stereocenters. The first-order valence-corrected chi connectivity index (χ1v) is 8.37. The highest BCUT2D eigenvalue weighted by Gasteiger charge is 2.67. The largest absolute Gasteiger partial charge is 0.463 e. The predicted octanol–water partition coefficient (Wildman–Crippen LogP) is 2.23. The van der Waals surface area contributed by atoms with Crippen LogP contribution in [-0.2, 0) is 19.1 Å². The molecular formula is C19H21NO4. The van der Waals surface area contributed by atoms with Crippen molar-refractivity contribution in [2.75, 3.05) is 11.4 Å². The van der Waals surface area contributed by atoms with Crippen molar-refractivity contribution in [3.63, 3.8) is 0 Å². The first-order valence-electron chi connectivity index (χ1n) is 8.37. The van der Waals surface area contributed by atoms with Gasteiger partial charge in [0.15, 0.2) is 0 Å². The summed E-state index contributed by atoms with van der Waals surface area (Å²) in [4.78, 5) is 27.3. The van der Waals surface area contributed by atoms with Crippen LogP contribution in [0, 0.1) is 18.8 Å². The Morgan fingerprint density at radius 2 is 2.21 bits per heavy atom. The van der Waals surface area contributed by atoms with Crippen LogP contribution in [0.3, 0.4) is 0 Å². The van der Waals surface area contributed by atoms with Gasteiger partial charge in [-0.3, -0.25) is 9.59 Å². The lowest BCUT2D eigenvalue weighted by atomic mass is 9.77. The molecule has 4 rings (SSSR count). The summed E-state index contributed by atoms with van der Waals surface area (Å²) in [6.45, 7) is 6.06. The van der Waals surface area contributed by atoms with E-state index in [1.807, 2.05) is 57.2 Å². The molecule has 0 unspecified atom stereocenters. The van der Waals surface area contributed by atoms with E-state index in [4.69, 9.17) is 9.47 Å². The number of hydrogen-bond donors (Lipinski definition) is 0. The van der Waals surface area contributed by atoms with E-state index in [1.54, 1.807) is 4.90 Å². The van der Waals surface area contributed by atoms with E-state index < -0.39 is 17.4 Å². The Bertz CT molecular complexity index is 741. The van der Waals surface area contributed by atoms with Gasteiger partial charge < -0.3 is 14.4 Å². The highest BCUT2D eigenvalue weighted by molar-refractivity contribution is 6.02. The molecule has 2 fully saturated rings. The number of esters is 1. The molecule has 5 nitrogen and oxygen atoms in total. The normalized spacial score (nSPS) is 33.4. The number of carbonyl (C=O) groups excluding carboxylic acids is 2. The lowest BCUT2D eigenvalue weighted by Gasteiger charge is -2.23. The minimum absolute atomic E-state index is 0.0573. The summed E-state index contributed by atoms with van der Waals surface area (Å²) < 4.78 is 11.5. The minimum Gasteiger partial charge on any atom is -0.463 e. The number of anilines is 1. The third-order valence-corrected chi connectivity index (χ3v) is 5.04. The number of hydrogen-bond acceptors (Lipinski definition) is 4. The number of ether oxygens (including phenoxy) is 2. The smallest absolute Gasteiger partial charge is 0.313 e. The molecule has 2 bridgehead atoms. The van der Waals surface area contributed by atoms with Crippen molar-refractivity contribution in [1.82, 2.24) is 0 Å². The molecule has 24 heavy (non-hydrogen) atoms. The highest BCUT2D eigenvalue weighted by Crippen LogP contribution is 2.52. The van der Waals surface area contributed by atoms with Gasteiger partial charge in [0.05, 0.1) is 24.7 Å². The number of aryl methyl sites for hydroxylation is 1. The highest BCUT2D eigenvalue weighted by atomic mass is 16.6. The maximum absolute atomic E-state index is 13.1. The van der Waals surface area contributed by atoms with Crippen molar-refractivity contribution in [2.24, 2.45) is 11.8 Å². The zero-order valence-electron chi connectivity index (χ0n) is 14.1. The van der Waals surface area contributed by atoms with Gasteiger partial charge >= 0.3 is 5.97 Å². The molecule has 3 aliphatic rings. The minimum atomic E-state index is -0.702. The monoisotopic (exact) mass is 327 g/mol. The maximum Gasteiger partial charge on any atom is 0.313 e. The van der Waals surface area contributed by atoms with E-state index in [-0.39, 0.29) is 24.1 Å². The third-order valence-electron chi connectivity index (χ3n) is 5.04. The van der Waals surface area contributed by atoms with Gasteiger partial charge in [0.25, 0.3) is 0 Å². The lowest BCUT2D eigenvalue weighted by Crippen LogP contribution is -2.40. The van der Waals surface area contributed by atoms with Crippen LogP contribution in [0.5, 0.6) is 0 Å². The summed E-state index contributed by atoms with van der Waals surface area (Å²) in [5, 5.41) is 0. The van der Waals surface area contributed by atoms with Gasteiger partial charge in [-0.25, -0.2) is 0 Å². The summed E-state index contributed by atoms with van der Waals surface area (Å²) in [6.07, 6.45) is 3.29. The lowest BCUT2D eigenvalue weighted by molar-refractivity contribution is -0.156. The van der Waals surface area contributed by atoms with Crippen molar-refractivity contribution in [1.29, 1.82) is 0 Å². The first-order chi connectivity index (χ1) is 11.4. The van der Waals surface area contributed by atoms with Crippen LogP contribution in [0.2, 0.25) is 0 Å². The molecule has 0 aromatic heterocycles. The number of rotatable bonds is 3. The summed E-state index contributed by atoms with van der Waals surface area (Å²) in [7, 11) is 0. The molecule has 0 saturated carbocycles. The molecule has 2 saturated heterocycles. The number of benzene rings is 1. The van der Waals surface area contributed by atoms with Crippen LogP contribution < -0.4 is 4.90 Å². The number of fused-ring (bicyclic) bond motifs is 1. The van der Waals surface area contributed by atoms with Crippen LogP contribution in [-0.4, -0.2) is 36.2 Å². The topological polar surface area (TPSA) is 55.8 Å². The Morgan fingerprint density at radius 1 is 1.42 bits per heavy atom. The molecule has 126 valence electrons. The maximum atomic E-state index is 13.1. The zero-order valence-corrected chi connectivity index (χ0v) is 14.1. The molecule has 0 N–H and O–H groups in total. The second-order valence-electron chi connectivity index (χ2n) is 7.15. The summed E-state index contributed by atoms with van der Waals surface area (Å²) in [5.41, 5.74) is 1.23. The predicted molar refractivity (Wildman–Crippen MR) is 88.5 cm³/mol. The van der Waals surface area contributed by atoms with Gasteiger partial charge in [-0.1, -0.05) is 24.3 Å². The summed E-state index contributed by atoms with van der Waals surface area (Å²) >= 11 is 0.